The van der Waals surface area contributed by atoms with E-state index in [4.69, 9.17) is 9.84 Å². The lowest BCUT2D eigenvalue weighted by Crippen LogP contribution is -2.40. The number of carbonyl (C=O) groups excluding carboxylic acids is 2. The lowest BCUT2D eigenvalue weighted by molar-refractivity contribution is -0.144. The van der Waals surface area contributed by atoms with Crippen LogP contribution in [-0.4, -0.2) is 35.6 Å². The number of carboxylic acid groups (broad SMARTS) is 1. The quantitative estimate of drug-likeness (QED) is 0.679. The van der Waals surface area contributed by atoms with Crippen molar-refractivity contribution in [1.82, 2.24) is 5.32 Å². The number of hydrogen-bond donors (Lipinski definition) is 2. The first-order valence-electron chi connectivity index (χ1n) is 7.42. The number of hydrogen-bond acceptors (Lipinski definition) is 4. The average Bonchev–Trinajstić information content (AvgIpc) is 2.53. The minimum atomic E-state index is -1.12. The van der Waals surface area contributed by atoms with Crippen molar-refractivity contribution in [3.63, 3.8) is 0 Å². The van der Waals surface area contributed by atoms with E-state index in [0.29, 0.717) is 0 Å². The summed E-state index contributed by atoms with van der Waals surface area (Å²) in [6, 6.07) is 8.41. The second kappa shape index (κ2) is 10.2. The standard InChI is InChI=1S/C17H21NO5/c1-2-23-16(20)12-11-15(19)18-14(17(21)22)10-6-9-13-7-4-3-5-8-13/h3-9,14H,2,10-12H2,1H3,(H,18,19)(H,21,22)/b9-6+/t14-/m1/s1. The highest BCUT2D eigenvalue weighted by molar-refractivity contribution is 5.85. The minimum absolute atomic E-state index is 0.0636. The van der Waals surface area contributed by atoms with Crippen molar-refractivity contribution < 1.29 is 24.2 Å². The van der Waals surface area contributed by atoms with Gasteiger partial charge in [-0.15, -0.1) is 0 Å². The zero-order valence-electron chi connectivity index (χ0n) is 13.0. The maximum Gasteiger partial charge on any atom is 0.326 e. The van der Waals surface area contributed by atoms with Gasteiger partial charge in [-0.25, -0.2) is 4.79 Å². The Balaban J connectivity index is 2.45. The van der Waals surface area contributed by atoms with Gasteiger partial charge in [-0.1, -0.05) is 42.5 Å². The Labute approximate surface area is 135 Å². The normalized spacial score (nSPS) is 11.9. The molecule has 1 aromatic rings. The third-order valence-corrected chi connectivity index (χ3v) is 2.98. The van der Waals surface area contributed by atoms with Crippen molar-refractivity contribution in [3.05, 3.63) is 42.0 Å². The van der Waals surface area contributed by atoms with Crippen LogP contribution in [0.2, 0.25) is 0 Å². The van der Waals surface area contributed by atoms with Gasteiger partial charge in [0.15, 0.2) is 0 Å². The fourth-order valence-electron chi connectivity index (χ4n) is 1.84. The molecule has 2 N–H and O–H groups in total. The summed E-state index contributed by atoms with van der Waals surface area (Å²) in [7, 11) is 0. The number of benzene rings is 1. The maximum atomic E-state index is 11.7. The van der Waals surface area contributed by atoms with Gasteiger partial charge in [-0.2, -0.15) is 0 Å². The molecule has 0 fully saturated rings. The summed E-state index contributed by atoms with van der Waals surface area (Å²) >= 11 is 0. The molecule has 0 bridgehead atoms. The largest absolute Gasteiger partial charge is 0.480 e. The van der Waals surface area contributed by atoms with E-state index in [9.17, 15) is 14.4 Å². The molecule has 0 aliphatic heterocycles. The molecule has 0 radical (unpaired) electrons. The number of carbonyl (C=O) groups is 3. The number of aliphatic carboxylic acids is 1. The summed E-state index contributed by atoms with van der Waals surface area (Å²) in [5.74, 6) is -2.08. The molecule has 0 saturated heterocycles. The van der Waals surface area contributed by atoms with E-state index in [2.05, 4.69) is 5.32 Å². The fraction of sp³-hybridized carbons (Fsp3) is 0.353. The zero-order valence-corrected chi connectivity index (χ0v) is 13.0. The Morgan fingerprint density at radius 3 is 2.52 bits per heavy atom. The second-order valence-corrected chi connectivity index (χ2v) is 4.81. The zero-order chi connectivity index (χ0) is 17.1. The summed E-state index contributed by atoms with van der Waals surface area (Å²) in [6.07, 6.45) is 3.49. The molecule has 0 spiro atoms. The van der Waals surface area contributed by atoms with Gasteiger partial charge >= 0.3 is 11.9 Å². The molecule has 0 heterocycles. The van der Waals surface area contributed by atoms with Gasteiger partial charge in [-0.05, 0) is 18.9 Å². The van der Waals surface area contributed by atoms with Gasteiger partial charge in [0.1, 0.15) is 6.04 Å². The van der Waals surface area contributed by atoms with Crippen LogP contribution in [0.15, 0.2) is 36.4 Å². The van der Waals surface area contributed by atoms with Crippen molar-refractivity contribution in [2.45, 2.75) is 32.2 Å². The number of ether oxygens (including phenoxy) is 1. The Morgan fingerprint density at radius 1 is 1.22 bits per heavy atom. The van der Waals surface area contributed by atoms with E-state index in [1.165, 1.54) is 0 Å². The molecular formula is C17H21NO5. The molecule has 6 nitrogen and oxygen atoms in total. The average molecular weight is 319 g/mol. The van der Waals surface area contributed by atoms with Gasteiger partial charge in [0.2, 0.25) is 5.91 Å². The summed E-state index contributed by atoms with van der Waals surface area (Å²) in [6.45, 7) is 1.93. The first-order valence-corrected chi connectivity index (χ1v) is 7.42. The lowest BCUT2D eigenvalue weighted by atomic mass is 10.1. The van der Waals surface area contributed by atoms with Crippen LogP contribution in [0.25, 0.3) is 6.08 Å². The molecule has 0 aromatic heterocycles. The van der Waals surface area contributed by atoms with Gasteiger partial charge in [0.05, 0.1) is 13.0 Å². The number of esters is 1. The topological polar surface area (TPSA) is 92.7 Å². The van der Waals surface area contributed by atoms with Crippen LogP contribution in [0.3, 0.4) is 0 Å². The van der Waals surface area contributed by atoms with Gasteiger partial charge in [-0.3, -0.25) is 9.59 Å². The lowest BCUT2D eigenvalue weighted by Gasteiger charge is -2.12. The third-order valence-electron chi connectivity index (χ3n) is 2.98. The van der Waals surface area contributed by atoms with Crippen LogP contribution in [0.1, 0.15) is 31.7 Å². The van der Waals surface area contributed by atoms with E-state index in [0.717, 1.165) is 5.56 Å². The van der Waals surface area contributed by atoms with Crippen molar-refractivity contribution in [2.75, 3.05) is 6.61 Å². The van der Waals surface area contributed by atoms with Crippen LogP contribution in [-0.2, 0) is 19.1 Å². The monoisotopic (exact) mass is 319 g/mol. The first kappa shape index (κ1) is 18.4. The van der Waals surface area contributed by atoms with Crippen LogP contribution >= 0.6 is 0 Å². The molecular weight excluding hydrogens is 298 g/mol. The van der Waals surface area contributed by atoms with Gasteiger partial charge in [0.25, 0.3) is 0 Å². The van der Waals surface area contributed by atoms with E-state index in [1.54, 1.807) is 19.1 Å². The highest BCUT2D eigenvalue weighted by Crippen LogP contribution is 2.04. The smallest absolute Gasteiger partial charge is 0.326 e. The van der Waals surface area contributed by atoms with Crippen molar-refractivity contribution in [2.24, 2.45) is 0 Å². The molecule has 0 aliphatic carbocycles. The predicted molar refractivity (Wildman–Crippen MR) is 85.5 cm³/mol. The van der Waals surface area contributed by atoms with Crippen molar-refractivity contribution >= 4 is 23.9 Å². The Bertz CT molecular complexity index is 553. The fourth-order valence-corrected chi connectivity index (χ4v) is 1.84. The molecule has 124 valence electrons. The summed E-state index contributed by atoms with van der Waals surface area (Å²) < 4.78 is 4.71. The van der Waals surface area contributed by atoms with Crippen molar-refractivity contribution in [1.29, 1.82) is 0 Å². The Morgan fingerprint density at radius 2 is 1.91 bits per heavy atom. The molecule has 0 unspecified atom stereocenters. The highest BCUT2D eigenvalue weighted by atomic mass is 16.5. The molecule has 1 atom stereocenters. The van der Waals surface area contributed by atoms with E-state index >= 15 is 0 Å². The van der Waals surface area contributed by atoms with Crippen LogP contribution in [0, 0.1) is 0 Å². The molecule has 1 amide bonds. The summed E-state index contributed by atoms with van der Waals surface area (Å²) in [4.78, 5) is 34.0. The van der Waals surface area contributed by atoms with Gasteiger partial charge in [0, 0.05) is 6.42 Å². The summed E-state index contributed by atoms with van der Waals surface area (Å²) in [5.41, 5.74) is 0.949. The molecule has 0 saturated carbocycles. The molecule has 1 rings (SSSR count). The van der Waals surface area contributed by atoms with Gasteiger partial charge < -0.3 is 15.2 Å². The number of amides is 1. The highest BCUT2D eigenvalue weighted by Gasteiger charge is 2.18. The third kappa shape index (κ3) is 7.80. The van der Waals surface area contributed by atoms with E-state index in [1.807, 2.05) is 30.3 Å². The molecule has 6 heteroatoms. The van der Waals surface area contributed by atoms with Crippen LogP contribution < -0.4 is 5.32 Å². The van der Waals surface area contributed by atoms with E-state index < -0.39 is 23.9 Å². The summed E-state index contributed by atoms with van der Waals surface area (Å²) in [5, 5.41) is 11.5. The number of nitrogens with one attached hydrogen (secondary N) is 1. The molecule has 23 heavy (non-hydrogen) atoms. The van der Waals surface area contributed by atoms with Crippen LogP contribution in [0.5, 0.6) is 0 Å². The Hall–Kier alpha value is -2.63. The maximum absolute atomic E-state index is 11.7. The molecule has 0 aliphatic rings. The number of carboxylic acids is 1. The van der Waals surface area contributed by atoms with Crippen molar-refractivity contribution in [3.8, 4) is 0 Å². The van der Waals surface area contributed by atoms with Crippen LogP contribution in [0.4, 0.5) is 0 Å². The second-order valence-electron chi connectivity index (χ2n) is 4.81. The van der Waals surface area contributed by atoms with E-state index in [-0.39, 0.29) is 25.9 Å². The first-order chi connectivity index (χ1) is 11.0. The SMILES string of the molecule is CCOC(=O)CCC(=O)N[C@H](C/C=C/c1ccccc1)C(=O)O. The predicted octanol–water partition coefficient (Wildman–Crippen LogP) is 2.00. The minimum Gasteiger partial charge on any atom is -0.480 e. The number of rotatable bonds is 9. The molecule has 1 aromatic carbocycles. The Kier molecular flexibility index (Phi) is 8.13.